The highest BCUT2D eigenvalue weighted by Gasteiger charge is 2.24. The van der Waals surface area contributed by atoms with Gasteiger partial charge < -0.3 is 29.8 Å². The Labute approximate surface area is 197 Å². The molecule has 0 aliphatic carbocycles. The highest BCUT2D eigenvalue weighted by atomic mass is 16.5. The SMILES string of the molecule is CC(=O)O.CC(=O)O.CC[C@H]1C[C@H](n2ccnc2-c2cc3cc(OC)ccc3[nH]c2=O)CCN1. The number of carboxylic acid groups (broad SMARTS) is 2. The fraction of sp³-hybridized carbons (Fsp3) is 0.417. The first-order valence-electron chi connectivity index (χ1n) is 11.0. The van der Waals surface area contributed by atoms with Gasteiger partial charge >= 0.3 is 0 Å². The van der Waals surface area contributed by atoms with Crippen molar-refractivity contribution < 1.29 is 24.5 Å². The molecule has 1 fully saturated rings. The van der Waals surface area contributed by atoms with E-state index in [4.69, 9.17) is 24.5 Å². The third-order valence-corrected chi connectivity index (χ3v) is 5.31. The first kappa shape index (κ1) is 26.6. The average molecular weight is 473 g/mol. The number of nitrogens with one attached hydrogen (secondary N) is 2. The third-order valence-electron chi connectivity index (χ3n) is 5.31. The van der Waals surface area contributed by atoms with Crippen LogP contribution in [0.5, 0.6) is 5.75 Å². The van der Waals surface area contributed by atoms with Gasteiger partial charge in [0.1, 0.15) is 11.6 Å². The van der Waals surface area contributed by atoms with Gasteiger partial charge in [-0.25, -0.2) is 4.98 Å². The van der Waals surface area contributed by atoms with Gasteiger partial charge in [0, 0.05) is 49.2 Å². The number of carboxylic acids is 2. The van der Waals surface area contributed by atoms with Gasteiger partial charge in [0.05, 0.1) is 12.7 Å². The molecule has 2 atom stereocenters. The van der Waals surface area contributed by atoms with Crippen molar-refractivity contribution in [3.05, 3.63) is 47.0 Å². The van der Waals surface area contributed by atoms with Crippen LogP contribution in [-0.2, 0) is 9.59 Å². The molecule has 1 saturated heterocycles. The lowest BCUT2D eigenvalue weighted by Gasteiger charge is -2.31. The van der Waals surface area contributed by atoms with E-state index < -0.39 is 11.9 Å². The number of rotatable bonds is 4. The Hall–Kier alpha value is -3.66. The molecule has 0 amide bonds. The maximum atomic E-state index is 12.7. The number of aromatic amines is 1. The van der Waals surface area contributed by atoms with Gasteiger partial charge in [0.2, 0.25) is 0 Å². The van der Waals surface area contributed by atoms with Gasteiger partial charge in [-0.15, -0.1) is 0 Å². The molecule has 34 heavy (non-hydrogen) atoms. The second kappa shape index (κ2) is 12.5. The topological polar surface area (TPSA) is 147 Å². The number of fused-ring (bicyclic) bond motifs is 1. The van der Waals surface area contributed by atoms with Gasteiger partial charge in [-0.2, -0.15) is 0 Å². The fourth-order valence-corrected chi connectivity index (χ4v) is 3.84. The summed E-state index contributed by atoms with van der Waals surface area (Å²) in [4.78, 5) is 38.2. The van der Waals surface area contributed by atoms with Crippen LogP contribution in [0.1, 0.15) is 46.1 Å². The smallest absolute Gasteiger partial charge is 0.300 e. The fourth-order valence-electron chi connectivity index (χ4n) is 3.84. The van der Waals surface area contributed by atoms with E-state index in [0.29, 0.717) is 17.6 Å². The molecule has 2 aromatic heterocycles. The van der Waals surface area contributed by atoms with E-state index in [1.54, 1.807) is 13.3 Å². The largest absolute Gasteiger partial charge is 0.497 e. The van der Waals surface area contributed by atoms with Gasteiger partial charge in [-0.05, 0) is 50.1 Å². The number of hydrogen-bond donors (Lipinski definition) is 4. The highest BCUT2D eigenvalue weighted by molar-refractivity contribution is 5.83. The number of ether oxygens (including phenoxy) is 1. The van der Waals surface area contributed by atoms with Crippen LogP contribution in [0.25, 0.3) is 22.3 Å². The Morgan fingerprint density at radius 2 is 1.88 bits per heavy atom. The number of carbonyl (C=O) groups is 2. The summed E-state index contributed by atoms with van der Waals surface area (Å²) in [5, 5.41) is 19.3. The summed E-state index contributed by atoms with van der Waals surface area (Å²) in [5.74, 6) is -0.166. The van der Waals surface area contributed by atoms with Gasteiger partial charge in [-0.1, -0.05) is 6.92 Å². The number of aromatic nitrogens is 3. The van der Waals surface area contributed by atoms with Crippen LogP contribution in [-0.4, -0.2) is 56.4 Å². The molecule has 1 aromatic carbocycles. The number of imidazole rings is 1. The van der Waals surface area contributed by atoms with E-state index in [0.717, 1.165) is 62.1 Å². The van der Waals surface area contributed by atoms with Crippen molar-refractivity contribution in [3.63, 3.8) is 0 Å². The summed E-state index contributed by atoms with van der Waals surface area (Å²) in [6.07, 6.45) is 6.98. The minimum atomic E-state index is -0.833. The number of benzene rings is 1. The van der Waals surface area contributed by atoms with Crippen LogP contribution < -0.4 is 15.6 Å². The predicted octanol–water partition coefficient (Wildman–Crippen LogP) is 3.29. The van der Waals surface area contributed by atoms with Crippen molar-refractivity contribution in [2.75, 3.05) is 13.7 Å². The molecule has 3 aromatic rings. The van der Waals surface area contributed by atoms with Crippen molar-refractivity contribution in [2.24, 2.45) is 0 Å². The number of piperidine rings is 1. The first-order chi connectivity index (χ1) is 16.2. The molecule has 184 valence electrons. The Bertz CT molecular complexity index is 1150. The van der Waals surface area contributed by atoms with Crippen LogP contribution in [0.4, 0.5) is 0 Å². The Kier molecular flexibility index (Phi) is 9.81. The van der Waals surface area contributed by atoms with Crippen molar-refractivity contribution in [2.45, 2.75) is 52.1 Å². The summed E-state index contributed by atoms with van der Waals surface area (Å²) in [6.45, 7) is 5.36. The third kappa shape index (κ3) is 7.45. The second-order valence-electron chi connectivity index (χ2n) is 7.90. The van der Waals surface area contributed by atoms with Crippen LogP contribution in [0.15, 0.2) is 41.5 Å². The predicted molar refractivity (Wildman–Crippen MR) is 129 cm³/mol. The minimum absolute atomic E-state index is 0.115. The summed E-state index contributed by atoms with van der Waals surface area (Å²) >= 11 is 0. The molecule has 1 aliphatic heterocycles. The monoisotopic (exact) mass is 472 g/mol. The minimum Gasteiger partial charge on any atom is -0.497 e. The van der Waals surface area contributed by atoms with Gasteiger partial charge in [0.15, 0.2) is 0 Å². The van der Waals surface area contributed by atoms with Crippen LogP contribution in [0, 0.1) is 0 Å². The molecule has 10 heteroatoms. The second-order valence-corrected chi connectivity index (χ2v) is 7.90. The van der Waals surface area contributed by atoms with Crippen molar-refractivity contribution in [3.8, 4) is 17.1 Å². The molecule has 1 aliphatic rings. The average Bonchev–Trinajstić information content (AvgIpc) is 3.27. The Morgan fingerprint density at radius 3 is 2.50 bits per heavy atom. The van der Waals surface area contributed by atoms with E-state index in [1.807, 2.05) is 30.5 Å². The van der Waals surface area contributed by atoms with Gasteiger partial charge in [-0.3, -0.25) is 14.4 Å². The quantitative estimate of drug-likeness (QED) is 0.452. The maximum absolute atomic E-state index is 12.7. The molecule has 0 radical (unpaired) electrons. The van der Waals surface area contributed by atoms with E-state index >= 15 is 0 Å². The Balaban J connectivity index is 0.000000446. The molecule has 0 unspecified atom stereocenters. The zero-order valence-corrected chi connectivity index (χ0v) is 19.9. The summed E-state index contributed by atoms with van der Waals surface area (Å²) in [7, 11) is 1.64. The zero-order valence-electron chi connectivity index (χ0n) is 19.9. The van der Waals surface area contributed by atoms with E-state index in [2.05, 4.69) is 26.8 Å². The number of hydrogen-bond acceptors (Lipinski definition) is 6. The lowest BCUT2D eigenvalue weighted by Crippen LogP contribution is -2.38. The van der Waals surface area contributed by atoms with Crippen molar-refractivity contribution >= 4 is 22.8 Å². The van der Waals surface area contributed by atoms with Gasteiger partial charge in [0.25, 0.3) is 17.5 Å². The summed E-state index contributed by atoms with van der Waals surface area (Å²) in [5.41, 5.74) is 1.28. The molecule has 0 spiro atoms. The Morgan fingerprint density at radius 1 is 1.21 bits per heavy atom. The number of nitrogens with zero attached hydrogens (tertiary/aromatic N) is 2. The molecule has 4 rings (SSSR count). The van der Waals surface area contributed by atoms with E-state index in [9.17, 15) is 4.79 Å². The highest BCUT2D eigenvalue weighted by Crippen LogP contribution is 2.29. The lowest BCUT2D eigenvalue weighted by atomic mass is 9.97. The molecule has 4 N–H and O–H groups in total. The molecular weight excluding hydrogens is 440 g/mol. The molecule has 10 nitrogen and oxygen atoms in total. The van der Waals surface area contributed by atoms with E-state index in [1.165, 1.54) is 0 Å². The zero-order chi connectivity index (χ0) is 25.3. The number of pyridine rings is 1. The number of methoxy groups -OCH3 is 1. The van der Waals surface area contributed by atoms with Crippen molar-refractivity contribution in [1.82, 2.24) is 19.9 Å². The van der Waals surface area contributed by atoms with Crippen LogP contribution in [0.3, 0.4) is 0 Å². The molecule has 0 bridgehead atoms. The van der Waals surface area contributed by atoms with E-state index in [-0.39, 0.29) is 5.56 Å². The lowest BCUT2D eigenvalue weighted by molar-refractivity contribution is -0.135. The molecule has 0 saturated carbocycles. The molecule has 3 heterocycles. The normalized spacial score (nSPS) is 17.1. The maximum Gasteiger partial charge on any atom is 0.300 e. The van der Waals surface area contributed by atoms with Crippen LogP contribution >= 0.6 is 0 Å². The first-order valence-corrected chi connectivity index (χ1v) is 11.0. The number of aliphatic carboxylic acids is 2. The number of H-pyrrole nitrogens is 1. The standard InChI is InChI=1S/C20H24N4O2.2C2H4O2/c1-3-14-12-15(6-7-21-14)24-9-8-22-19(24)17-11-13-10-16(26-2)4-5-18(13)23-20(17)25;2*1-2(3)4/h4-5,8-11,14-15,21H,3,6-7,12H2,1-2H3,(H,23,25);2*1H3,(H,3,4)/t14-,15+;;/m0../s1. The molecular formula is C24H32N4O6. The van der Waals surface area contributed by atoms with Crippen molar-refractivity contribution in [1.29, 1.82) is 0 Å². The van der Waals surface area contributed by atoms with Crippen LogP contribution in [0.2, 0.25) is 0 Å². The summed E-state index contributed by atoms with van der Waals surface area (Å²) in [6, 6.07) is 8.43. The summed E-state index contributed by atoms with van der Waals surface area (Å²) < 4.78 is 7.47.